The van der Waals surface area contributed by atoms with E-state index in [4.69, 9.17) is 15.2 Å². The molecule has 6 heteroatoms. The summed E-state index contributed by atoms with van der Waals surface area (Å²) >= 11 is 0. The van der Waals surface area contributed by atoms with E-state index in [-0.39, 0.29) is 5.82 Å². The van der Waals surface area contributed by atoms with Crippen LogP contribution < -0.4 is 5.73 Å². The second-order valence-electron chi connectivity index (χ2n) is 4.18. The van der Waals surface area contributed by atoms with Crippen LogP contribution in [0.3, 0.4) is 0 Å². The molecule has 0 spiro atoms. The average Bonchev–Trinajstić information content (AvgIpc) is 2.81. The lowest BCUT2D eigenvalue weighted by Gasteiger charge is -2.27. The number of nitrogens with two attached hydrogens (primary N) is 1. The molecule has 19 heavy (non-hydrogen) atoms. The first-order valence-corrected chi connectivity index (χ1v) is 5.72. The number of halogens is 1. The second kappa shape index (κ2) is 4.99. The van der Waals surface area contributed by atoms with Crippen LogP contribution in [-0.2, 0) is 15.4 Å². The second-order valence-corrected chi connectivity index (χ2v) is 4.18. The van der Waals surface area contributed by atoms with Crippen LogP contribution in [-0.4, -0.2) is 24.0 Å². The zero-order valence-electron chi connectivity index (χ0n) is 11.1. The molecule has 0 unspecified atom stereocenters. The fourth-order valence-electron chi connectivity index (χ4n) is 1.74. The fourth-order valence-corrected chi connectivity index (χ4v) is 1.74. The minimum atomic E-state index is -1.08. The Balaban J connectivity index is 2.44. The lowest BCUT2D eigenvalue weighted by molar-refractivity contribution is -0.259. The van der Waals surface area contributed by atoms with Gasteiger partial charge >= 0.3 is 0 Å². The molecule has 102 valence electrons. The van der Waals surface area contributed by atoms with E-state index < -0.39 is 5.91 Å². The summed E-state index contributed by atoms with van der Waals surface area (Å²) < 4.78 is 24.9. The molecule has 0 aliphatic heterocycles. The Morgan fingerprint density at radius 3 is 2.32 bits per heavy atom. The van der Waals surface area contributed by atoms with Crippen LogP contribution in [0.4, 0.5) is 10.2 Å². The van der Waals surface area contributed by atoms with Crippen molar-refractivity contribution in [1.29, 1.82) is 0 Å². The molecule has 2 aromatic rings. The van der Waals surface area contributed by atoms with E-state index in [9.17, 15) is 4.39 Å². The van der Waals surface area contributed by atoms with Gasteiger partial charge in [-0.05, 0) is 24.3 Å². The summed E-state index contributed by atoms with van der Waals surface area (Å²) in [4.78, 5) is 0. The number of benzene rings is 1. The number of aromatic nitrogens is 2. The van der Waals surface area contributed by atoms with Gasteiger partial charge in [0, 0.05) is 32.8 Å². The molecule has 2 rings (SSSR count). The highest BCUT2D eigenvalue weighted by atomic mass is 19.1. The molecule has 1 aromatic heterocycles. The van der Waals surface area contributed by atoms with Gasteiger partial charge in [-0.1, -0.05) is 0 Å². The van der Waals surface area contributed by atoms with Crippen molar-refractivity contribution < 1.29 is 13.9 Å². The maximum Gasteiger partial charge on any atom is 0.269 e. The van der Waals surface area contributed by atoms with E-state index >= 15 is 0 Å². The lowest BCUT2D eigenvalue weighted by Crippen LogP contribution is -2.36. The molecule has 0 bridgehead atoms. The summed E-state index contributed by atoms with van der Waals surface area (Å²) in [5, 5.41) is 4.34. The molecule has 2 N–H and O–H groups in total. The van der Waals surface area contributed by atoms with Crippen molar-refractivity contribution in [3.8, 4) is 11.3 Å². The summed E-state index contributed by atoms with van der Waals surface area (Å²) in [7, 11) is 3.00. The summed E-state index contributed by atoms with van der Waals surface area (Å²) in [6, 6.07) is 7.70. The maximum absolute atomic E-state index is 12.9. The quantitative estimate of drug-likeness (QED) is 0.861. The van der Waals surface area contributed by atoms with Crippen molar-refractivity contribution in [1.82, 2.24) is 9.78 Å². The smallest absolute Gasteiger partial charge is 0.269 e. The van der Waals surface area contributed by atoms with E-state index in [1.807, 2.05) is 0 Å². The Morgan fingerprint density at radius 1 is 1.21 bits per heavy atom. The monoisotopic (exact) mass is 265 g/mol. The number of anilines is 1. The van der Waals surface area contributed by atoms with Crippen molar-refractivity contribution >= 4 is 5.82 Å². The van der Waals surface area contributed by atoms with Crippen molar-refractivity contribution in [2.75, 3.05) is 20.0 Å². The molecule has 1 aromatic carbocycles. The van der Waals surface area contributed by atoms with Gasteiger partial charge in [-0.3, -0.25) is 0 Å². The highest BCUT2D eigenvalue weighted by Gasteiger charge is 2.29. The number of hydrogen-bond donors (Lipinski definition) is 1. The van der Waals surface area contributed by atoms with Crippen molar-refractivity contribution in [2.45, 2.75) is 12.8 Å². The third-order valence-corrected chi connectivity index (χ3v) is 3.02. The Morgan fingerprint density at radius 2 is 1.79 bits per heavy atom. The van der Waals surface area contributed by atoms with Gasteiger partial charge in [0.15, 0.2) is 0 Å². The minimum absolute atomic E-state index is 0.297. The van der Waals surface area contributed by atoms with Crippen LogP contribution in [0.25, 0.3) is 11.3 Å². The number of nitrogen functional groups attached to an aromatic ring is 1. The molecule has 0 aliphatic rings. The van der Waals surface area contributed by atoms with E-state index in [0.717, 1.165) is 5.56 Å². The predicted octanol–water partition coefficient (Wildman–Crippen LogP) is 2.19. The number of methoxy groups -OCH3 is 2. The molecule has 0 fully saturated rings. The largest absolute Gasteiger partial charge is 0.384 e. The Kier molecular flexibility index (Phi) is 3.55. The molecule has 0 atom stereocenters. The normalized spacial score (nSPS) is 11.8. The molecule has 1 heterocycles. The number of ether oxygens (including phenoxy) is 2. The van der Waals surface area contributed by atoms with Gasteiger partial charge in [0.05, 0.1) is 5.69 Å². The molecule has 0 amide bonds. The van der Waals surface area contributed by atoms with Gasteiger partial charge in [-0.15, -0.1) is 0 Å². The van der Waals surface area contributed by atoms with Crippen LogP contribution in [0.15, 0.2) is 30.3 Å². The molecule has 0 aliphatic carbocycles. The standard InChI is InChI=1S/C13H16FN3O2/c1-13(18-2,19-3)17-12(15)8-11(16-17)9-4-6-10(14)7-5-9/h4-8H,15H2,1-3H3. The van der Waals surface area contributed by atoms with Gasteiger partial charge in [-0.25, -0.2) is 4.39 Å². The zero-order valence-corrected chi connectivity index (χ0v) is 11.1. The average molecular weight is 265 g/mol. The van der Waals surface area contributed by atoms with Crippen molar-refractivity contribution in [3.05, 3.63) is 36.1 Å². The minimum Gasteiger partial charge on any atom is -0.384 e. The third kappa shape index (κ3) is 2.45. The zero-order chi connectivity index (χ0) is 14.0. The van der Waals surface area contributed by atoms with Crippen molar-refractivity contribution in [3.63, 3.8) is 0 Å². The van der Waals surface area contributed by atoms with Crippen LogP contribution in [0.1, 0.15) is 6.92 Å². The van der Waals surface area contributed by atoms with Gasteiger partial charge in [-0.2, -0.15) is 9.78 Å². The molecular formula is C13H16FN3O2. The van der Waals surface area contributed by atoms with Crippen LogP contribution in [0.2, 0.25) is 0 Å². The number of rotatable bonds is 4. The van der Waals surface area contributed by atoms with E-state index in [0.29, 0.717) is 11.5 Å². The van der Waals surface area contributed by atoms with Crippen LogP contribution >= 0.6 is 0 Å². The third-order valence-electron chi connectivity index (χ3n) is 3.02. The Labute approximate surface area is 110 Å². The highest BCUT2D eigenvalue weighted by Crippen LogP contribution is 2.26. The van der Waals surface area contributed by atoms with E-state index in [2.05, 4.69) is 5.10 Å². The lowest BCUT2D eigenvalue weighted by atomic mass is 10.1. The topological polar surface area (TPSA) is 62.3 Å². The summed E-state index contributed by atoms with van der Waals surface area (Å²) in [5.41, 5.74) is 7.30. The first-order valence-electron chi connectivity index (χ1n) is 5.72. The van der Waals surface area contributed by atoms with Crippen molar-refractivity contribution in [2.24, 2.45) is 0 Å². The number of hydrogen-bond acceptors (Lipinski definition) is 4. The van der Waals surface area contributed by atoms with E-state index in [1.54, 1.807) is 25.1 Å². The first-order chi connectivity index (χ1) is 9.00. The predicted molar refractivity (Wildman–Crippen MR) is 69.7 cm³/mol. The molecular weight excluding hydrogens is 249 g/mol. The van der Waals surface area contributed by atoms with Crippen LogP contribution in [0, 0.1) is 5.82 Å². The summed E-state index contributed by atoms with van der Waals surface area (Å²) in [5.74, 6) is -0.983. The van der Waals surface area contributed by atoms with Gasteiger partial charge < -0.3 is 15.2 Å². The van der Waals surface area contributed by atoms with Gasteiger partial charge in [0.25, 0.3) is 5.91 Å². The maximum atomic E-state index is 12.9. The summed E-state index contributed by atoms with van der Waals surface area (Å²) in [6.45, 7) is 1.70. The van der Waals surface area contributed by atoms with Gasteiger partial charge in [0.1, 0.15) is 11.6 Å². The van der Waals surface area contributed by atoms with E-state index in [1.165, 1.54) is 31.0 Å². The first kappa shape index (κ1) is 13.5. The molecule has 0 saturated heterocycles. The molecule has 0 saturated carbocycles. The van der Waals surface area contributed by atoms with Gasteiger partial charge in [0.2, 0.25) is 0 Å². The highest BCUT2D eigenvalue weighted by molar-refractivity contribution is 5.62. The number of nitrogens with zero attached hydrogens (tertiary/aromatic N) is 2. The van der Waals surface area contributed by atoms with Crippen LogP contribution in [0.5, 0.6) is 0 Å². The molecule has 5 nitrogen and oxygen atoms in total. The molecule has 0 radical (unpaired) electrons. The summed E-state index contributed by atoms with van der Waals surface area (Å²) in [6.07, 6.45) is 0. The fraction of sp³-hybridized carbons (Fsp3) is 0.308. The Hall–Kier alpha value is -1.92. The Bertz CT molecular complexity index is 562. The SMILES string of the molecule is COC(C)(OC)n1nc(-c2ccc(F)cc2)cc1N.